The Kier molecular flexibility index (Phi) is 8.30. The predicted octanol–water partition coefficient (Wildman–Crippen LogP) is 3.17. The molecule has 0 saturated heterocycles. The Morgan fingerprint density at radius 2 is 1.94 bits per heavy atom. The monoisotopic (exact) mass is 493 g/mol. The highest BCUT2D eigenvalue weighted by Gasteiger charge is 2.27. The number of sulfonamides is 1. The van der Waals surface area contributed by atoms with E-state index in [2.05, 4.69) is 20.5 Å². The molecule has 1 heterocycles. The fourth-order valence-electron chi connectivity index (χ4n) is 2.86. The molecule has 1 aromatic heterocycles. The van der Waals surface area contributed by atoms with Crippen LogP contribution in [0.5, 0.6) is 0 Å². The van der Waals surface area contributed by atoms with E-state index in [-0.39, 0.29) is 18.0 Å². The molecule has 0 aliphatic heterocycles. The fraction of sp³-hybridized carbons (Fsp3) is 0.286. The number of aryl methyl sites for hydroxylation is 2. The molecule has 0 aliphatic carbocycles. The third-order valence-corrected chi connectivity index (χ3v) is 7.35. The molecule has 170 valence electrons. The van der Waals surface area contributed by atoms with Crippen LogP contribution in [0.25, 0.3) is 0 Å². The van der Waals surface area contributed by atoms with E-state index in [1.165, 1.54) is 11.8 Å². The molecule has 0 aliphatic rings. The summed E-state index contributed by atoms with van der Waals surface area (Å²) >= 11 is 7.45. The zero-order chi connectivity index (χ0) is 23.1. The largest absolute Gasteiger partial charge is 0.354 e. The number of aromatic amines is 1. The van der Waals surface area contributed by atoms with Crippen LogP contribution in [0.3, 0.4) is 0 Å². The molecule has 0 bridgehead atoms. The first-order valence-corrected chi connectivity index (χ1v) is 12.6. The number of H-pyrrole nitrogens is 1. The van der Waals surface area contributed by atoms with Crippen molar-refractivity contribution in [1.29, 1.82) is 0 Å². The van der Waals surface area contributed by atoms with Crippen LogP contribution in [-0.2, 0) is 21.4 Å². The van der Waals surface area contributed by atoms with Crippen LogP contribution >= 0.6 is 23.4 Å². The summed E-state index contributed by atoms with van der Waals surface area (Å²) in [6.45, 7) is 3.75. The molecule has 3 aromatic rings. The van der Waals surface area contributed by atoms with Gasteiger partial charge in [-0.05, 0) is 43.7 Å². The number of thioether (sulfide) groups is 1. The smallest absolute Gasteiger partial charge is 0.243 e. The van der Waals surface area contributed by atoms with Crippen LogP contribution in [0.1, 0.15) is 17.0 Å². The Hall–Kier alpha value is -2.40. The van der Waals surface area contributed by atoms with Crippen molar-refractivity contribution in [2.75, 3.05) is 18.8 Å². The quantitative estimate of drug-likeness (QED) is 0.332. The summed E-state index contributed by atoms with van der Waals surface area (Å²) in [6.07, 6.45) is 0. The second-order valence-electron chi connectivity index (χ2n) is 7.12. The third-order valence-electron chi connectivity index (χ3n) is 4.46. The van der Waals surface area contributed by atoms with Gasteiger partial charge in [0, 0.05) is 23.9 Å². The summed E-state index contributed by atoms with van der Waals surface area (Å²) in [5.74, 6) is 0.881. The molecule has 1 amide bonds. The first kappa shape index (κ1) is 24.2. The second kappa shape index (κ2) is 11.0. The first-order valence-electron chi connectivity index (χ1n) is 9.84. The van der Waals surface area contributed by atoms with Crippen molar-refractivity contribution in [1.82, 2.24) is 24.8 Å². The lowest BCUT2D eigenvalue weighted by atomic mass is 10.2. The van der Waals surface area contributed by atoms with Crippen molar-refractivity contribution < 1.29 is 13.2 Å². The van der Waals surface area contributed by atoms with Gasteiger partial charge in [-0.2, -0.15) is 4.31 Å². The lowest BCUT2D eigenvalue weighted by Gasteiger charge is -2.22. The molecular formula is C21H24ClN5O3S2. The summed E-state index contributed by atoms with van der Waals surface area (Å²) in [5, 5.41) is 10.6. The zero-order valence-corrected chi connectivity index (χ0v) is 20.1. The van der Waals surface area contributed by atoms with Gasteiger partial charge in [0.15, 0.2) is 0 Å². The van der Waals surface area contributed by atoms with E-state index in [0.717, 1.165) is 15.7 Å². The van der Waals surface area contributed by atoms with Crippen molar-refractivity contribution in [3.05, 3.63) is 70.5 Å². The van der Waals surface area contributed by atoms with Crippen molar-refractivity contribution in [3.8, 4) is 0 Å². The van der Waals surface area contributed by atoms with E-state index in [4.69, 9.17) is 11.6 Å². The molecule has 0 atom stereocenters. The van der Waals surface area contributed by atoms with Crippen molar-refractivity contribution in [3.63, 3.8) is 0 Å². The Morgan fingerprint density at radius 1 is 1.19 bits per heavy atom. The van der Waals surface area contributed by atoms with E-state index < -0.39 is 15.9 Å². The fourth-order valence-corrected chi connectivity index (χ4v) is 5.16. The van der Waals surface area contributed by atoms with Gasteiger partial charge in [0.2, 0.25) is 21.1 Å². The topological polar surface area (TPSA) is 108 Å². The van der Waals surface area contributed by atoms with Crippen molar-refractivity contribution in [2.45, 2.75) is 30.4 Å². The van der Waals surface area contributed by atoms with Gasteiger partial charge < -0.3 is 5.32 Å². The molecule has 0 saturated carbocycles. The van der Waals surface area contributed by atoms with E-state index in [1.807, 2.05) is 13.8 Å². The highest BCUT2D eigenvalue weighted by Crippen LogP contribution is 2.20. The summed E-state index contributed by atoms with van der Waals surface area (Å²) in [6, 6.07) is 13.5. The van der Waals surface area contributed by atoms with Crippen LogP contribution in [0.4, 0.5) is 0 Å². The Balaban J connectivity index is 1.68. The van der Waals surface area contributed by atoms with Gasteiger partial charge in [-0.1, -0.05) is 53.2 Å². The SMILES string of the molecule is Cc1ccc(S(=O)(=O)N(CC(=O)NCCSc2n[nH]c(C)n2)Cc2cccc(Cl)c2)cc1. The van der Waals surface area contributed by atoms with Crippen LogP contribution in [0.2, 0.25) is 5.02 Å². The van der Waals surface area contributed by atoms with Crippen LogP contribution in [-0.4, -0.2) is 52.7 Å². The summed E-state index contributed by atoms with van der Waals surface area (Å²) in [4.78, 5) is 16.9. The maximum absolute atomic E-state index is 13.3. The van der Waals surface area contributed by atoms with Crippen LogP contribution < -0.4 is 5.32 Å². The van der Waals surface area contributed by atoms with E-state index in [9.17, 15) is 13.2 Å². The molecule has 0 spiro atoms. The maximum Gasteiger partial charge on any atom is 0.243 e. The Bertz CT molecular complexity index is 1170. The highest BCUT2D eigenvalue weighted by atomic mass is 35.5. The zero-order valence-electron chi connectivity index (χ0n) is 17.7. The molecule has 8 nitrogen and oxygen atoms in total. The number of halogens is 1. The maximum atomic E-state index is 13.3. The molecule has 2 aromatic carbocycles. The minimum absolute atomic E-state index is 0.0232. The van der Waals surface area contributed by atoms with E-state index in [0.29, 0.717) is 28.0 Å². The number of benzene rings is 2. The van der Waals surface area contributed by atoms with Gasteiger partial charge in [0.25, 0.3) is 0 Å². The van der Waals surface area contributed by atoms with Gasteiger partial charge >= 0.3 is 0 Å². The number of amides is 1. The average Bonchev–Trinajstić information content (AvgIpc) is 3.16. The molecule has 11 heteroatoms. The molecule has 2 N–H and O–H groups in total. The van der Waals surface area contributed by atoms with Crippen molar-refractivity contribution in [2.24, 2.45) is 0 Å². The van der Waals surface area contributed by atoms with Gasteiger partial charge in [-0.3, -0.25) is 9.89 Å². The molecule has 32 heavy (non-hydrogen) atoms. The Morgan fingerprint density at radius 3 is 2.59 bits per heavy atom. The average molecular weight is 494 g/mol. The minimum Gasteiger partial charge on any atom is -0.354 e. The summed E-state index contributed by atoms with van der Waals surface area (Å²) in [7, 11) is -3.89. The number of hydrogen-bond donors (Lipinski definition) is 2. The lowest BCUT2D eigenvalue weighted by molar-refractivity contribution is -0.121. The number of rotatable bonds is 10. The number of carbonyl (C=O) groups excluding carboxylic acids is 1. The number of nitrogens with zero attached hydrogens (tertiary/aromatic N) is 3. The van der Waals surface area contributed by atoms with Gasteiger partial charge in [-0.15, -0.1) is 5.10 Å². The lowest BCUT2D eigenvalue weighted by Crippen LogP contribution is -2.40. The second-order valence-corrected chi connectivity index (χ2v) is 10.6. The third kappa shape index (κ3) is 6.80. The molecule has 0 fully saturated rings. The number of carbonyl (C=O) groups is 1. The van der Waals surface area contributed by atoms with Gasteiger partial charge in [0.1, 0.15) is 5.82 Å². The molecule has 0 unspecified atom stereocenters. The minimum atomic E-state index is -3.89. The summed E-state index contributed by atoms with van der Waals surface area (Å²) < 4.78 is 27.7. The first-order chi connectivity index (χ1) is 15.2. The van der Waals surface area contributed by atoms with Gasteiger partial charge in [0.05, 0.1) is 11.4 Å². The number of hydrogen-bond acceptors (Lipinski definition) is 6. The van der Waals surface area contributed by atoms with Crippen molar-refractivity contribution >= 4 is 39.3 Å². The Labute approximate surface area is 196 Å². The molecule has 0 radical (unpaired) electrons. The van der Waals surface area contributed by atoms with E-state index in [1.54, 1.807) is 48.5 Å². The van der Waals surface area contributed by atoms with Crippen LogP contribution in [0, 0.1) is 13.8 Å². The summed E-state index contributed by atoms with van der Waals surface area (Å²) in [5.41, 5.74) is 1.64. The number of aromatic nitrogens is 3. The molecule has 3 rings (SSSR count). The van der Waals surface area contributed by atoms with E-state index >= 15 is 0 Å². The number of nitrogens with one attached hydrogen (secondary N) is 2. The van der Waals surface area contributed by atoms with Gasteiger partial charge in [-0.25, -0.2) is 13.4 Å². The van der Waals surface area contributed by atoms with Crippen LogP contribution in [0.15, 0.2) is 58.6 Å². The predicted molar refractivity (Wildman–Crippen MR) is 125 cm³/mol. The molecular weight excluding hydrogens is 470 g/mol. The normalized spacial score (nSPS) is 11.6. The highest BCUT2D eigenvalue weighted by molar-refractivity contribution is 7.99. The standard InChI is InChI=1S/C21H24ClN5O3S2/c1-15-6-8-19(9-7-15)32(29,30)27(13-17-4-3-5-18(22)12-17)14-20(28)23-10-11-31-21-24-16(2)25-26-21/h3-9,12H,10-11,13-14H2,1-2H3,(H,23,28)(H,24,25,26).